The normalized spacial score (nSPS) is 41.5. The Labute approximate surface area is 200 Å². The van der Waals surface area contributed by atoms with Crippen LogP contribution in [0.15, 0.2) is 11.6 Å². The molecule has 0 N–H and O–H groups in total. The van der Waals surface area contributed by atoms with Gasteiger partial charge in [0, 0.05) is 5.41 Å². The van der Waals surface area contributed by atoms with E-state index in [1.807, 2.05) is 19.9 Å². The number of epoxide rings is 1. The molecule has 7 atom stereocenters. The van der Waals surface area contributed by atoms with Crippen molar-refractivity contribution in [3.63, 3.8) is 0 Å². The molecule has 2 saturated heterocycles. The van der Waals surface area contributed by atoms with Crippen molar-refractivity contribution in [2.24, 2.45) is 10.8 Å². The van der Waals surface area contributed by atoms with E-state index >= 15 is 0 Å². The average molecular weight is 512 g/mol. The summed E-state index contributed by atoms with van der Waals surface area (Å²) in [7, 11) is 0. The van der Waals surface area contributed by atoms with Gasteiger partial charge in [0.2, 0.25) is 0 Å². The highest BCUT2D eigenvalue weighted by atomic mass is 35.5. The Balaban J connectivity index is 1.84. The maximum atomic E-state index is 12.3. The Morgan fingerprint density at radius 1 is 1.09 bits per heavy atom. The van der Waals surface area contributed by atoms with Crippen LogP contribution in [0.1, 0.15) is 26.7 Å². The van der Waals surface area contributed by atoms with Gasteiger partial charge in [0.25, 0.3) is 0 Å². The summed E-state index contributed by atoms with van der Waals surface area (Å²) in [6.07, 6.45) is 0.204. The fourth-order valence-electron chi connectivity index (χ4n) is 5.89. The van der Waals surface area contributed by atoms with Crippen LogP contribution in [0.4, 0.5) is 0 Å². The Kier molecular flexibility index (Phi) is 6.48. The van der Waals surface area contributed by atoms with E-state index in [4.69, 9.17) is 58.5 Å². The largest absolute Gasteiger partial charge is 0.464 e. The zero-order valence-electron chi connectivity index (χ0n) is 17.7. The van der Waals surface area contributed by atoms with Crippen molar-refractivity contribution < 1.29 is 38.1 Å². The third kappa shape index (κ3) is 3.36. The number of fused-ring (bicyclic) bond motifs is 2. The predicted molar refractivity (Wildman–Crippen MR) is 114 cm³/mol. The SMILES string of the molecule is CC1=C[C@H]2O[C@H]3[C@@H](OC(=O)CCl)[C@@H](OC(=O)CCl)[C@@](C)([C@]2(COC(=O)CCl)CC1)[C@]31CO1. The van der Waals surface area contributed by atoms with Crippen LogP contribution in [-0.4, -0.2) is 78.8 Å². The Bertz CT molecular complexity index is 843. The van der Waals surface area contributed by atoms with Crippen molar-refractivity contribution in [2.75, 3.05) is 30.9 Å². The van der Waals surface area contributed by atoms with Gasteiger partial charge in [0.05, 0.1) is 18.1 Å². The van der Waals surface area contributed by atoms with Gasteiger partial charge in [-0.1, -0.05) is 18.6 Å². The van der Waals surface area contributed by atoms with Gasteiger partial charge in [-0.15, -0.1) is 34.8 Å². The number of hydrogen-bond acceptors (Lipinski definition) is 8. The first-order valence-corrected chi connectivity index (χ1v) is 12.0. The number of carbonyl (C=O) groups excluding carboxylic acids is 3. The first kappa shape index (κ1) is 24.1. The molecule has 4 aliphatic rings. The van der Waals surface area contributed by atoms with E-state index in [0.717, 1.165) is 12.0 Å². The van der Waals surface area contributed by atoms with Gasteiger partial charge in [-0.3, -0.25) is 14.4 Å². The minimum Gasteiger partial charge on any atom is -0.464 e. The number of hydrogen-bond donors (Lipinski definition) is 0. The van der Waals surface area contributed by atoms with E-state index in [9.17, 15) is 14.4 Å². The van der Waals surface area contributed by atoms with Crippen molar-refractivity contribution >= 4 is 52.7 Å². The van der Waals surface area contributed by atoms with Crippen LogP contribution >= 0.6 is 34.8 Å². The molecule has 0 radical (unpaired) electrons. The molecule has 2 aliphatic heterocycles. The number of allylic oxidation sites excluding steroid dienone is 1. The van der Waals surface area contributed by atoms with Crippen LogP contribution < -0.4 is 0 Å². The zero-order chi connectivity index (χ0) is 23.3. The Hall–Kier alpha value is -1.06. The van der Waals surface area contributed by atoms with Gasteiger partial charge in [0.1, 0.15) is 36.0 Å². The quantitative estimate of drug-likeness (QED) is 0.169. The minimum absolute atomic E-state index is 0.0214. The highest BCUT2D eigenvalue weighted by Crippen LogP contribution is 2.72. The molecular formula is C21H25Cl3O8. The van der Waals surface area contributed by atoms with Crippen LogP contribution in [0.2, 0.25) is 0 Å². The molecule has 0 unspecified atom stereocenters. The summed E-state index contributed by atoms with van der Waals surface area (Å²) >= 11 is 17.1. The number of ether oxygens (including phenoxy) is 5. The van der Waals surface area contributed by atoms with E-state index in [1.165, 1.54) is 0 Å². The van der Waals surface area contributed by atoms with E-state index in [0.29, 0.717) is 13.0 Å². The molecule has 2 bridgehead atoms. The highest BCUT2D eigenvalue weighted by Gasteiger charge is 2.86. The summed E-state index contributed by atoms with van der Waals surface area (Å²) < 4.78 is 29.5. The molecule has 4 rings (SSSR count). The average Bonchev–Trinajstić information content (AvgIpc) is 3.57. The van der Waals surface area contributed by atoms with E-state index in [1.54, 1.807) is 0 Å². The van der Waals surface area contributed by atoms with E-state index in [-0.39, 0.29) is 24.2 Å². The van der Waals surface area contributed by atoms with Crippen LogP contribution in [0.3, 0.4) is 0 Å². The van der Waals surface area contributed by atoms with Gasteiger partial charge in [-0.2, -0.15) is 0 Å². The maximum Gasteiger partial charge on any atom is 0.321 e. The summed E-state index contributed by atoms with van der Waals surface area (Å²) in [5, 5.41) is 0. The summed E-state index contributed by atoms with van der Waals surface area (Å²) in [5.41, 5.74) is -1.50. The smallest absolute Gasteiger partial charge is 0.321 e. The summed E-state index contributed by atoms with van der Waals surface area (Å²) in [4.78, 5) is 36.5. The summed E-state index contributed by atoms with van der Waals surface area (Å²) in [5.74, 6) is -2.95. The predicted octanol–water partition coefficient (Wildman–Crippen LogP) is 2.35. The van der Waals surface area contributed by atoms with Gasteiger partial charge >= 0.3 is 17.9 Å². The van der Waals surface area contributed by atoms with Gasteiger partial charge < -0.3 is 23.7 Å². The molecule has 32 heavy (non-hydrogen) atoms. The highest BCUT2D eigenvalue weighted by molar-refractivity contribution is 6.27. The second-order valence-electron chi connectivity index (χ2n) is 8.95. The lowest BCUT2D eigenvalue weighted by Crippen LogP contribution is -2.66. The first-order valence-electron chi connectivity index (χ1n) is 10.4. The molecule has 3 fully saturated rings. The maximum absolute atomic E-state index is 12.3. The van der Waals surface area contributed by atoms with Crippen LogP contribution in [0.25, 0.3) is 0 Å². The summed E-state index contributed by atoms with van der Waals surface area (Å²) in [6, 6.07) is 0. The van der Waals surface area contributed by atoms with Gasteiger partial charge in [-0.05, 0) is 19.8 Å². The number of rotatable bonds is 7. The molecule has 1 spiro atoms. The molecule has 0 aromatic carbocycles. The third-order valence-electron chi connectivity index (χ3n) is 7.58. The van der Waals surface area contributed by atoms with E-state index in [2.05, 4.69) is 0 Å². The fraction of sp³-hybridized carbons (Fsp3) is 0.762. The molecule has 178 valence electrons. The van der Waals surface area contributed by atoms with E-state index < -0.39 is 58.8 Å². The van der Waals surface area contributed by atoms with Crippen molar-refractivity contribution in [1.29, 1.82) is 0 Å². The van der Waals surface area contributed by atoms with Crippen LogP contribution in [0, 0.1) is 10.8 Å². The van der Waals surface area contributed by atoms with Crippen molar-refractivity contribution in [3.8, 4) is 0 Å². The van der Waals surface area contributed by atoms with Crippen LogP contribution in [-0.2, 0) is 38.1 Å². The number of carbonyl (C=O) groups is 3. The molecule has 0 aromatic heterocycles. The van der Waals surface area contributed by atoms with Crippen molar-refractivity contribution in [2.45, 2.75) is 56.7 Å². The zero-order valence-corrected chi connectivity index (χ0v) is 20.0. The molecular weight excluding hydrogens is 487 g/mol. The molecule has 0 aromatic rings. The lowest BCUT2D eigenvalue weighted by molar-refractivity contribution is -0.233. The number of halogens is 3. The lowest BCUT2D eigenvalue weighted by atomic mass is 9.51. The first-order chi connectivity index (χ1) is 15.2. The molecule has 11 heteroatoms. The second-order valence-corrected chi connectivity index (χ2v) is 9.76. The standard InChI is InChI=1S/C21H25Cl3O8/c1-11-3-4-20(9-28-13(25)6-22)12(5-11)30-18-16(31-14(26)7-23)17(32-15(27)8-24)19(20,2)21(18)10-29-21/h5,12,16-18H,3-4,6-10H2,1-2H3/t12-,16+,17-,18+,19+,20+,21+/m1/s1. The van der Waals surface area contributed by atoms with Gasteiger partial charge in [0.15, 0.2) is 12.2 Å². The third-order valence-corrected chi connectivity index (χ3v) is 8.23. The number of alkyl halides is 3. The molecule has 2 heterocycles. The second kappa shape index (κ2) is 8.62. The lowest BCUT2D eigenvalue weighted by Gasteiger charge is -2.57. The monoisotopic (exact) mass is 510 g/mol. The summed E-state index contributed by atoms with van der Waals surface area (Å²) in [6.45, 7) is 4.22. The molecule has 1 saturated carbocycles. The topological polar surface area (TPSA) is 101 Å². The molecule has 0 amide bonds. The minimum atomic E-state index is -0.958. The fourth-order valence-corrected chi connectivity index (χ4v) is 6.09. The van der Waals surface area contributed by atoms with Crippen molar-refractivity contribution in [3.05, 3.63) is 11.6 Å². The van der Waals surface area contributed by atoms with Crippen molar-refractivity contribution in [1.82, 2.24) is 0 Å². The van der Waals surface area contributed by atoms with Gasteiger partial charge in [-0.25, -0.2) is 0 Å². The Morgan fingerprint density at radius 3 is 2.31 bits per heavy atom. The number of esters is 3. The van der Waals surface area contributed by atoms with Crippen LogP contribution in [0.5, 0.6) is 0 Å². The Morgan fingerprint density at radius 2 is 1.72 bits per heavy atom. The molecule has 8 nitrogen and oxygen atoms in total. The molecule has 2 aliphatic carbocycles.